The van der Waals surface area contributed by atoms with Gasteiger partial charge in [0.1, 0.15) is 6.10 Å². The van der Waals surface area contributed by atoms with E-state index in [1.54, 1.807) is 0 Å². The fourth-order valence-electron chi connectivity index (χ4n) is 3.37. The third-order valence-corrected chi connectivity index (χ3v) is 4.71. The lowest BCUT2D eigenvalue weighted by molar-refractivity contribution is 0.0850. The molecule has 0 amide bonds. The molecule has 1 aliphatic rings. The van der Waals surface area contributed by atoms with Crippen molar-refractivity contribution in [1.29, 1.82) is 0 Å². The van der Waals surface area contributed by atoms with E-state index < -0.39 is 0 Å². The van der Waals surface area contributed by atoms with Crippen LogP contribution in [-0.4, -0.2) is 11.1 Å². The van der Waals surface area contributed by atoms with Crippen LogP contribution in [-0.2, 0) is 6.42 Å². The van der Waals surface area contributed by atoms with Crippen molar-refractivity contribution in [1.82, 2.24) is 4.98 Å². The SMILES string of the molecule is CCc1cccc2nc(OC(C)C3CCCCC3)oc(=O)c12. The Morgan fingerprint density at radius 3 is 2.82 bits per heavy atom. The van der Waals surface area contributed by atoms with Gasteiger partial charge in [-0.25, -0.2) is 4.79 Å². The first-order valence-corrected chi connectivity index (χ1v) is 8.28. The quantitative estimate of drug-likeness (QED) is 0.853. The summed E-state index contributed by atoms with van der Waals surface area (Å²) in [6.45, 7) is 4.06. The first-order valence-electron chi connectivity index (χ1n) is 8.28. The van der Waals surface area contributed by atoms with Crippen LogP contribution in [0.25, 0.3) is 10.9 Å². The van der Waals surface area contributed by atoms with Crippen LogP contribution in [0.4, 0.5) is 0 Å². The first kappa shape index (κ1) is 15.1. The van der Waals surface area contributed by atoms with E-state index in [1.165, 1.54) is 32.1 Å². The summed E-state index contributed by atoms with van der Waals surface area (Å²) < 4.78 is 11.1. The van der Waals surface area contributed by atoms with E-state index in [1.807, 2.05) is 32.0 Å². The van der Waals surface area contributed by atoms with Crippen molar-refractivity contribution < 1.29 is 9.15 Å². The molecule has 1 saturated carbocycles. The summed E-state index contributed by atoms with van der Waals surface area (Å²) in [6, 6.07) is 5.69. The minimum atomic E-state index is -0.353. The third-order valence-electron chi connectivity index (χ3n) is 4.71. The number of benzene rings is 1. The fraction of sp³-hybridized carbons (Fsp3) is 0.556. The van der Waals surface area contributed by atoms with Gasteiger partial charge < -0.3 is 9.15 Å². The average Bonchev–Trinajstić information content (AvgIpc) is 2.55. The van der Waals surface area contributed by atoms with Gasteiger partial charge in [-0.1, -0.05) is 38.3 Å². The summed E-state index contributed by atoms with van der Waals surface area (Å²) in [5, 5.41) is 0.572. The minimum absolute atomic E-state index is 0.0303. The summed E-state index contributed by atoms with van der Waals surface area (Å²) in [4.78, 5) is 16.6. The molecule has 1 aliphatic carbocycles. The molecule has 0 radical (unpaired) electrons. The van der Waals surface area contributed by atoms with Crippen molar-refractivity contribution in [2.24, 2.45) is 5.92 Å². The van der Waals surface area contributed by atoms with Crippen LogP contribution in [0.15, 0.2) is 27.4 Å². The second kappa shape index (κ2) is 6.51. The lowest BCUT2D eigenvalue weighted by Crippen LogP contribution is -2.26. The van der Waals surface area contributed by atoms with Crippen LogP contribution >= 0.6 is 0 Å². The van der Waals surface area contributed by atoms with Gasteiger partial charge in [0.05, 0.1) is 10.9 Å². The van der Waals surface area contributed by atoms with Crippen LogP contribution in [0.2, 0.25) is 0 Å². The number of fused-ring (bicyclic) bond motifs is 1. The molecule has 0 N–H and O–H groups in total. The Balaban J connectivity index is 1.87. The summed E-state index contributed by atoms with van der Waals surface area (Å²) in [6.07, 6.45) is 7.10. The molecular weight excluding hydrogens is 278 g/mol. The number of nitrogens with zero attached hydrogens (tertiary/aromatic N) is 1. The Labute approximate surface area is 130 Å². The Bertz CT molecular complexity index is 701. The van der Waals surface area contributed by atoms with Gasteiger partial charge in [-0.2, -0.15) is 4.98 Å². The molecule has 22 heavy (non-hydrogen) atoms. The minimum Gasteiger partial charge on any atom is -0.447 e. The predicted molar refractivity (Wildman–Crippen MR) is 86.3 cm³/mol. The topological polar surface area (TPSA) is 52.3 Å². The van der Waals surface area contributed by atoms with Crippen molar-refractivity contribution in [2.45, 2.75) is 58.5 Å². The van der Waals surface area contributed by atoms with Gasteiger partial charge in [-0.3, -0.25) is 0 Å². The monoisotopic (exact) mass is 301 g/mol. The molecular formula is C18H23NO3. The highest BCUT2D eigenvalue weighted by atomic mass is 16.6. The zero-order chi connectivity index (χ0) is 15.5. The standard InChI is InChI=1S/C18H23NO3/c1-3-13-10-7-11-15-16(13)17(20)22-18(19-15)21-12(2)14-8-5-4-6-9-14/h7,10-12,14H,3-6,8-9H2,1-2H3. The number of hydrogen-bond acceptors (Lipinski definition) is 4. The van der Waals surface area contributed by atoms with Crippen LogP contribution in [0, 0.1) is 5.92 Å². The van der Waals surface area contributed by atoms with E-state index in [0.29, 0.717) is 16.8 Å². The highest BCUT2D eigenvalue weighted by Gasteiger charge is 2.23. The zero-order valence-corrected chi connectivity index (χ0v) is 13.3. The van der Waals surface area contributed by atoms with Gasteiger partial charge in [0.15, 0.2) is 0 Å². The van der Waals surface area contributed by atoms with Crippen molar-refractivity contribution >= 4 is 10.9 Å². The Morgan fingerprint density at radius 2 is 2.09 bits per heavy atom. The maximum Gasteiger partial charge on any atom is 0.397 e. The summed E-state index contributed by atoms with van der Waals surface area (Å²) in [5.41, 5.74) is 1.26. The molecule has 1 aromatic heterocycles. The summed E-state index contributed by atoms with van der Waals surface area (Å²) in [7, 11) is 0. The van der Waals surface area contributed by atoms with Crippen molar-refractivity contribution in [2.75, 3.05) is 0 Å². The molecule has 1 aromatic carbocycles. The number of aryl methyl sites for hydroxylation is 1. The normalized spacial score (nSPS) is 17.5. The summed E-state index contributed by atoms with van der Waals surface area (Å²) >= 11 is 0. The van der Waals surface area contributed by atoms with Gasteiger partial charge in [-0.05, 0) is 43.7 Å². The molecule has 0 spiro atoms. The van der Waals surface area contributed by atoms with E-state index in [4.69, 9.17) is 9.15 Å². The smallest absolute Gasteiger partial charge is 0.397 e. The predicted octanol–water partition coefficient (Wildman–Crippen LogP) is 4.10. The molecule has 0 saturated heterocycles. The van der Waals surface area contributed by atoms with E-state index in [2.05, 4.69) is 4.98 Å². The molecule has 0 bridgehead atoms. The van der Waals surface area contributed by atoms with Gasteiger partial charge in [0.2, 0.25) is 0 Å². The van der Waals surface area contributed by atoms with Gasteiger partial charge in [0.25, 0.3) is 0 Å². The van der Waals surface area contributed by atoms with Crippen LogP contribution in [0.3, 0.4) is 0 Å². The van der Waals surface area contributed by atoms with Crippen molar-refractivity contribution in [3.05, 3.63) is 34.2 Å². The Kier molecular flexibility index (Phi) is 4.46. The lowest BCUT2D eigenvalue weighted by Gasteiger charge is -2.26. The molecule has 1 atom stereocenters. The van der Waals surface area contributed by atoms with E-state index in [9.17, 15) is 4.79 Å². The third kappa shape index (κ3) is 3.01. The number of ether oxygens (including phenoxy) is 1. The zero-order valence-electron chi connectivity index (χ0n) is 13.3. The lowest BCUT2D eigenvalue weighted by atomic mass is 9.86. The Morgan fingerprint density at radius 1 is 1.32 bits per heavy atom. The first-order chi connectivity index (χ1) is 10.7. The fourth-order valence-corrected chi connectivity index (χ4v) is 3.37. The molecule has 3 rings (SSSR count). The number of hydrogen-bond donors (Lipinski definition) is 0. The van der Waals surface area contributed by atoms with Crippen LogP contribution < -0.4 is 10.4 Å². The summed E-state index contributed by atoms with van der Waals surface area (Å²) in [5.74, 6) is 0.526. The maximum absolute atomic E-state index is 12.3. The van der Waals surface area contributed by atoms with E-state index >= 15 is 0 Å². The van der Waals surface area contributed by atoms with Gasteiger partial charge >= 0.3 is 11.7 Å². The molecule has 4 nitrogen and oxygen atoms in total. The molecule has 118 valence electrons. The Hall–Kier alpha value is -1.84. The highest BCUT2D eigenvalue weighted by Crippen LogP contribution is 2.28. The van der Waals surface area contributed by atoms with Gasteiger partial charge in [-0.15, -0.1) is 0 Å². The van der Waals surface area contributed by atoms with Gasteiger partial charge in [0, 0.05) is 0 Å². The molecule has 2 aromatic rings. The maximum atomic E-state index is 12.3. The van der Waals surface area contributed by atoms with E-state index in [0.717, 1.165) is 12.0 Å². The molecule has 1 fully saturated rings. The molecule has 4 heteroatoms. The van der Waals surface area contributed by atoms with Crippen molar-refractivity contribution in [3.63, 3.8) is 0 Å². The van der Waals surface area contributed by atoms with Crippen molar-refractivity contribution in [3.8, 4) is 6.08 Å². The highest BCUT2D eigenvalue weighted by molar-refractivity contribution is 5.80. The second-order valence-electron chi connectivity index (χ2n) is 6.15. The van der Waals surface area contributed by atoms with Crippen LogP contribution in [0.5, 0.6) is 6.08 Å². The second-order valence-corrected chi connectivity index (χ2v) is 6.15. The van der Waals surface area contributed by atoms with E-state index in [-0.39, 0.29) is 17.8 Å². The largest absolute Gasteiger partial charge is 0.447 e. The van der Waals surface area contributed by atoms with Crippen LogP contribution in [0.1, 0.15) is 51.5 Å². The number of rotatable bonds is 4. The number of aromatic nitrogens is 1. The molecule has 1 heterocycles. The molecule has 0 aliphatic heterocycles. The average molecular weight is 301 g/mol. The molecule has 1 unspecified atom stereocenters.